The molecule has 0 aliphatic carbocycles. The average molecular weight is 568 g/mol. The van der Waals surface area contributed by atoms with Gasteiger partial charge in [-0.15, -0.1) is 0 Å². The van der Waals surface area contributed by atoms with Crippen molar-refractivity contribution in [3.05, 3.63) is 78.1 Å². The summed E-state index contributed by atoms with van der Waals surface area (Å²) in [6.07, 6.45) is 5.46. The van der Waals surface area contributed by atoms with E-state index >= 15 is 0 Å². The average Bonchev–Trinajstić information content (AvgIpc) is 3.42. The number of piperidine rings is 1. The Morgan fingerprint density at radius 1 is 0.878 bits per heavy atom. The zero-order valence-corrected chi connectivity index (χ0v) is 22.6. The lowest BCUT2D eigenvalue weighted by Gasteiger charge is -2.42. The van der Waals surface area contributed by atoms with Gasteiger partial charge in [0.05, 0.1) is 17.9 Å². The van der Waals surface area contributed by atoms with E-state index in [4.69, 9.17) is 14.9 Å². The molecule has 2 aromatic carbocycles. The highest BCUT2D eigenvalue weighted by Gasteiger charge is 2.38. The summed E-state index contributed by atoms with van der Waals surface area (Å²) in [5, 5.41) is 15.6. The third kappa shape index (κ3) is 8.21. The highest BCUT2D eigenvalue weighted by atomic mass is 19.1. The Morgan fingerprint density at radius 3 is 2.12 bits per heavy atom. The molecule has 11 heteroatoms. The summed E-state index contributed by atoms with van der Waals surface area (Å²) in [7, 11) is 0. The Balaban J connectivity index is 0.000000426. The van der Waals surface area contributed by atoms with Crippen LogP contribution in [0.25, 0.3) is 0 Å². The van der Waals surface area contributed by atoms with Gasteiger partial charge < -0.3 is 24.7 Å². The van der Waals surface area contributed by atoms with Crippen molar-refractivity contribution < 1.29 is 38.5 Å². The van der Waals surface area contributed by atoms with Crippen LogP contribution >= 0.6 is 0 Å². The van der Waals surface area contributed by atoms with Crippen LogP contribution in [0.5, 0.6) is 0 Å². The molecule has 3 aliphatic rings. The number of hydrogen-bond donors (Lipinski definition) is 2. The van der Waals surface area contributed by atoms with Gasteiger partial charge in [-0.05, 0) is 55.5 Å². The van der Waals surface area contributed by atoms with Crippen molar-refractivity contribution in [3.8, 4) is 0 Å². The van der Waals surface area contributed by atoms with Crippen molar-refractivity contribution in [1.82, 2.24) is 9.80 Å². The summed E-state index contributed by atoms with van der Waals surface area (Å²) in [6, 6.07) is 15.8. The lowest BCUT2D eigenvalue weighted by Crippen LogP contribution is -2.58. The number of nitrogens with zero attached hydrogens (tertiary/aromatic N) is 3. The van der Waals surface area contributed by atoms with E-state index in [-0.39, 0.29) is 36.0 Å². The molecule has 3 amide bonds. The van der Waals surface area contributed by atoms with Gasteiger partial charge in [0.15, 0.2) is 0 Å². The van der Waals surface area contributed by atoms with Crippen LogP contribution in [-0.4, -0.2) is 82.2 Å². The number of carbonyl (C=O) groups is 4. The van der Waals surface area contributed by atoms with Crippen molar-refractivity contribution in [2.45, 2.75) is 50.4 Å². The maximum Gasteiger partial charge on any atom is 0.331 e. The van der Waals surface area contributed by atoms with Gasteiger partial charge in [-0.1, -0.05) is 30.3 Å². The molecule has 0 aromatic heterocycles. The van der Waals surface area contributed by atoms with Crippen molar-refractivity contribution in [1.29, 1.82) is 0 Å². The Hall–Kier alpha value is -4.09. The van der Waals surface area contributed by atoms with Gasteiger partial charge in [-0.2, -0.15) is 0 Å². The molecule has 0 saturated carbocycles. The number of halogens is 1. The number of likely N-dealkylation sites (tertiary alicyclic amines) is 1. The first-order valence-electron chi connectivity index (χ1n) is 13.7. The molecule has 2 atom stereocenters. The van der Waals surface area contributed by atoms with Crippen molar-refractivity contribution in [2.75, 3.05) is 31.1 Å². The van der Waals surface area contributed by atoms with Crippen LogP contribution in [0.2, 0.25) is 0 Å². The van der Waals surface area contributed by atoms with Crippen LogP contribution in [0.4, 0.5) is 14.9 Å². The molecule has 218 valence electrons. The van der Waals surface area contributed by atoms with Gasteiger partial charge in [-0.25, -0.2) is 23.7 Å². The number of anilines is 1. The second-order valence-corrected chi connectivity index (χ2v) is 10.2. The van der Waals surface area contributed by atoms with Gasteiger partial charge in [0, 0.05) is 50.8 Å². The van der Waals surface area contributed by atoms with E-state index in [2.05, 4.69) is 4.90 Å². The fourth-order valence-corrected chi connectivity index (χ4v) is 5.44. The summed E-state index contributed by atoms with van der Waals surface area (Å²) in [6.45, 7) is 3.20. The number of carbonyl (C=O) groups excluding carboxylic acids is 2. The Kier molecular flexibility index (Phi) is 10.2. The van der Waals surface area contributed by atoms with Crippen LogP contribution in [0.15, 0.2) is 66.7 Å². The molecule has 2 aromatic rings. The fourth-order valence-electron chi connectivity index (χ4n) is 5.44. The number of carboxylic acids is 2. The molecule has 3 heterocycles. The molecular formula is C30H34FN3O7. The monoisotopic (exact) mass is 567 g/mol. The van der Waals surface area contributed by atoms with Gasteiger partial charge in [0.1, 0.15) is 5.82 Å². The molecule has 5 rings (SSSR count). The van der Waals surface area contributed by atoms with Gasteiger partial charge >= 0.3 is 18.0 Å². The minimum absolute atomic E-state index is 0.0422. The number of imide groups is 1. The summed E-state index contributed by atoms with van der Waals surface area (Å²) < 4.78 is 19.4. The highest BCUT2D eigenvalue weighted by Crippen LogP contribution is 2.34. The smallest absolute Gasteiger partial charge is 0.331 e. The van der Waals surface area contributed by atoms with Gasteiger partial charge in [-0.3, -0.25) is 4.79 Å². The number of para-hydroxylation sites is 1. The standard InChI is InChI=1S/C26H30FN3O3.C4H4O4/c27-20-8-6-19(7-9-20)24-11-10-23(33-24)18-28-15-12-21(13-16-28)29-17-14-25(31)30(26(29)32)22-4-2-1-3-5-22;5-3(6)1-2-4(7)8/h1-9,21,23-24H,10-18H2;1-2H,(H,5,6)(H,7,8)/b;2-1+. The topological polar surface area (TPSA) is 128 Å². The number of benzene rings is 2. The molecule has 0 bridgehead atoms. The number of carboxylic acid groups (broad SMARTS) is 2. The second-order valence-electron chi connectivity index (χ2n) is 10.2. The molecule has 0 spiro atoms. The van der Waals surface area contributed by atoms with E-state index in [1.54, 1.807) is 0 Å². The third-order valence-corrected chi connectivity index (χ3v) is 7.44. The predicted octanol–water partition coefficient (Wildman–Crippen LogP) is 4.08. The minimum Gasteiger partial charge on any atom is -0.478 e. The first kappa shape index (κ1) is 29.9. The molecule has 41 heavy (non-hydrogen) atoms. The third-order valence-electron chi connectivity index (χ3n) is 7.44. The lowest BCUT2D eigenvalue weighted by molar-refractivity contribution is -0.134. The molecule has 0 radical (unpaired) electrons. The highest BCUT2D eigenvalue weighted by molar-refractivity contribution is 6.15. The van der Waals surface area contributed by atoms with Crippen LogP contribution in [-0.2, 0) is 19.1 Å². The van der Waals surface area contributed by atoms with Gasteiger partial charge in [0.2, 0.25) is 5.91 Å². The number of ether oxygens (including phenoxy) is 1. The Morgan fingerprint density at radius 2 is 1.51 bits per heavy atom. The van der Waals surface area contributed by atoms with Crippen molar-refractivity contribution >= 4 is 29.6 Å². The second kappa shape index (κ2) is 14.0. The minimum atomic E-state index is -1.26. The summed E-state index contributed by atoms with van der Waals surface area (Å²) in [4.78, 5) is 50.4. The van der Waals surface area contributed by atoms with Crippen molar-refractivity contribution in [2.24, 2.45) is 0 Å². The number of aliphatic carboxylic acids is 2. The quantitative estimate of drug-likeness (QED) is 0.479. The van der Waals surface area contributed by atoms with E-state index < -0.39 is 11.9 Å². The van der Waals surface area contributed by atoms with Crippen LogP contribution in [0.3, 0.4) is 0 Å². The largest absolute Gasteiger partial charge is 0.478 e. The summed E-state index contributed by atoms with van der Waals surface area (Å²) >= 11 is 0. The number of rotatable bonds is 7. The van der Waals surface area contributed by atoms with E-state index in [1.165, 1.54) is 17.0 Å². The van der Waals surface area contributed by atoms with E-state index in [0.717, 1.165) is 50.9 Å². The van der Waals surface area contributed by atoms with E-state index in [1.807, 2.05) is 47.4 Å². The first-order chi connectivity index (χ1) is 19.7. The predicted molar refractivity (Wildman–Crippen MR) is 148 cm³/mol. The molecule has 2 N–H and O–H groups in total. The number of amides is 3. The van der Waals surface area contributed by atoms with Crippen molar-refractivity contribution in [3.63, 3.8) is 0 Å². The van der Waals surface area contributed by atoms with E-state index in [9.17, 15) is 23.6 Å². The molecule has 3 aliphatic heterocycles. The summed E-state index contributed by atoms with van der Waals surface area (Å²) in [5.74, 6) is -2.87. The normalized spacial score (nSPS) is 22.1. The fraction of sp³-hybridized carbons (Fsp3) is 0.400. The maximum absolute atomic E-state index is 13.2. The number of hydrogen-bond acceptors (Lipinski definition) is 6. The lowest BCUT2D eigenvalue weighted by atomic mass is 10.0. The molecule has 2 unspecified atom stereocenters. The Labute approximate surface area is 237 Å². The molecule has 10 nitrogen and oxygen atoms in total. The molecular weight excluding hydrogens is 533 g/mol. The first-order valence-corrected chi connectivity index (χ1v) is 13.7. The van der Waals surface area contributed by atoms with Crippen LogP contribution in [0.1, 0.15) is 43.8 Å². The zero-order valence-electron chi connectivity index (χ0n) is 22.6. The van der Waals surface area contributed by atoms with Crippen LogP contribution in [0, 0.1) is 5.82 Å². The maximum atomic E-state index is 13.2. The molecule has 3 fully saturated rings. The summed E-state index contributed by atoms with van der Waals surface area (Å²) in [5.41, 5.74) is 1.68. The SMILES string of the molecule is O=C(O)/C=C/C(=O)O.O=C1CCN(C2CCN(CC3CCC(c4ccc(F)cc4)O3)CC2)C(=O)N1c1ccccc1. The molecule has 3 saturated heterocycles. The Bertz CT molecular complexity index is 1230. The zero-order chi connectivity index (χ0) is 29.4. The number of urea groups is 1. The van der Waals surface area contributed by atoms with Crippen LogP contribution < -0.4 is 4.90 Å². The van der Waals surface area contributed by atoms with E-state index in [0.29, 0.717) is 30.8 Å². The van der Waals surface area contributed by atoms with Gasteiger partial charge in [0.25, 0.3) is 0 Å².